The molecule has 0 saturated carbocycles. The normalized spacial score (nSPS) is 10.1. The van der Waals surface area contributed by atoms with Crippen LogP contribution >= 0.6 is 0 Å². The molecule has 2 rings (SSSR count). The predicted octanol–water partition coefficient (Wildman–Crippen LogP) is 2.41. The van der Waals surface area contributed by atoms with Gasteiger partial charge in [-0.1, -0.05) is 6.07 Å². The van der Waals surface area contributed by atoms with E-state index in [1.165, 1.54) is 6.33 Å². The van der Waals surface area contributed by atoms with Crippen LogP contribution in [0, 0.1) is 6.92 Å². The van der Waals surface area contributed by atoms with E-state index < -0.39 is 0 Å². The Morgan fingerprint density at radius 1 is 1.26 bits per heavy atom. The van der Waals surface area contributed by atoms with E-state index in [-0.39, 0.29) is 0 Å². The Balaban J connectivity index is 2.21. The van der Waals surface area contributed by atoms with Crippen molar-refractivity contribution in [2.75, 3.05) is 19.5 Å². The molecule has 0 amide bonds. The second-order valence-corrected chi connectivity index (χ2v) is 4.00. The van der Waals surface area contributed by atoms with Crippen LogP contribution in [0.25, 0.3) is 0 Å². The summed E-state index contributed by atoms with van der Waals surface area (Å²) in [4.78, 5) is 8.05. The summed E-state index contributed by atoms with van der Waals surface area (Å²) in [5.74, 6) is 1.47. The van der Waals surface area contributed by atoms with Crippen molar-refractivity contribution in [2.45, 2.75) is 13.5 Å². The lowest BCUT2D eigenvalue weighted by Crippen LogP contribution is -2.04. The molecule has 1 heterocycles. The molecule has 1 N–H and O–H groups in total. The fraction of sp³-hybridized carbons (Fsp3) is 0.286. The van der Waals surface area contributed by atoms with Gasteiger partial charge in [0.15, 0.2) is 5.75 Å². The number of nitrogens with one attached hydrogen (secondary N) is 1. The summed E-state index contributed by atoms with van der Waals surface area (Å²) in [6.45, 7) is 2.28. The highest BCUT2D eigenvalue weighted by molar-refractivity contribution is 5.57. The van der Waals surface area contributed by atoms with Crippen LogP contribution < -0.4 is 14.8 Å². The Labute approximate surface area is 112 Å². The molecular weight excluding hydrogens is 242 g/mol. The van der Waals surface area contributed by atoms with Gasteiger partial charge in [0.1, 0.15) is 18.7 Å². The van der Waals surface area contributed by atoms with Crippen molar-refractivity contribution in [1.82, 2.24) is 9.97 Å². The van der Waals surface area contributed by atoms with E-state index in [0.29, 0.717) is 12.4 Å². The molecule has 0 bridgehead atoms. The first-order chi connectivity index (χ1) is 9.26. The Bertz CT molecular complexity index is 536. The number of benzene rings is 1. The van der Waals surface area contributed by atoms with Crippen LogP contribution in [0.3, 0.4) is 0 Å². The second-order valence-electron chi connectivity index (χ2n) is 4.00. The third-order valence-corrected chi connectivity index (χ3v) is 2.86. The molecule has 0 saturated heterocycles. The zero-order valence-electron chi connectivity index (χ0n) is 11.3. The second kappa shape index (κ2) is 6.04. The lowest BCUT2D eigenvalue weighted by molar-refractivity contribution is 0.293. The zero-order valence-corrected chi connectivity index (χ0v) is 11.3. The van der Waals surface area contributed by atoms with Crippen molar-refractivity contribution >= 4 is 5.69 Å². The van der Waals surface area contributed by atoms with E-state index in [4.69, 9.17) is 9.47 Å². The van der Waals surface area contributed by atoms with Gasteiger partial charge in [0.05, 0.1) is 24.6 Å². The number of aromatic nitrogens is 2. The van der Waals surface area contributed by atoms with Crippen LogP contribution in [0.4, 0.5) is 5.69 Å². The van der Waals surface area contributed by atoms with Crippen LogP contribution in [0.15, 0.2) is 30.7 Å². The van der Waals surface area contributed by atoms with E-state index in [1.54, 1.807) is 13.3 Å². The maximum absolute atomic E-state index is 5.76. The first kappa shape index (κ1) is 13.1. The smallest absolute Gasteiger partial charge is 0.159 e. The predicted molar refractivity (Wildman–Crippen MR) is 73.6 cm³/mol. The maximum Gasteiger partial charge on any atom is 0.159 e. The van der Waals surface area contributed by atoms with Gasteiger partial charge in [0, 0.05) is 12.7 Å². The molecule has 2 aromatic rings. The molecule has 0 aliphatic carbocycles. The number of anilines is 1. The van der Waals surface area contributed by atoms with Crippen LogP contribution in [0.1, 0.15) is 11.3 Å². The Kier molecular flexibility index (Phi) is 4.18. The van der Waals surface area contributed by atoms with Gasteiger partial charge >= 0.3 is 0 Å². The molecule has 100 valence electrons. The number of ether oxygens (including phenoxy) is 2. The average molecular weight is 259 g/mol. The summed E-state index contributed by atoms with van der Waals surface area (Å²) in [7, 11) is 3.52. The molecule has 0 radical (unpaired) electrons. The highest BCUT2D eigenvalue weighted by Crippen LogP contribution is 2.27. The maximum atomic E-state index is 5.76. The summed E-state index contributed by atoms with van der Waals surface area (Å²) in [5, 5.41) is 3.13. The highest BCUT2D eigenvalue weighted by atomic mass is 16.5. The summed E-state index contributed by atoms with van der Waals surface area (Å²) in [6, 6.07) is 5.83. The molecule has 1 aromatic carbocycles. The topological polar surface area (TPSA) is 56.3 Å². The third-order valence-electron chi connectivity index (χ3n) is 2.86. The van der Waals surface area contributed by atoms with E-state index in [0.717, 1.165) is 22.7 Å². The Morgan fingerprint density at radius 3 is 2.79 bits per heavy atom. The molecule has 0 unspecified atom stereocenters. The van der Waals surface area contributed by atoms with Crippen molar-refractivity contribution in [3.05, 3.63) is 42.0 Å². The summed E-state index contributed by atoms with van der Waals surface area (Å²) in [6.07, 6.45) is 3.17. The molecular formula is C14H17N3O2. The largest absolute Gasteiger partial charge is 0.496 e. The molecule has 0 aliphatic rings. The third kappa shape index (κ3) is 2.93. The van der Waals surface area contributed by atoms with Gasteiger partial charge in [-0.2, -0.15) is 0 Å². The van der Waals surface area contributed by atoms with E-state index in [2.05, 4.69) is 15.3 Å². The first-order valence-corrected chi connectivity index (χ1v) is 5.99. The van der Waals surface area contributed by atoms with Crippen LogP contribution in [0.5, 0.6) is 11.5 Å². The monoisotopic (exact) mass is 259 g/mol. The average Bonchev–Trinajstić information content (AvgIpc) is 2.46. The highest BCUT2D eigenvalue weighted by Gasteiger charge is 2.10. The molecule has 5 nitrogen and oxygen atoms in total. The number of hydrogen-bond acceptors (Lipinski definition) is 5. The quantitative estimate of drug-likeness (QED) is 0.893. The summed E-state index contributed by atoms with van der Waals surface area (Å²) < 4.78 is 11.1. The van der Waals surface area contributed by atoms with Gasteiger partial charge in [-0.15, -0.1) is 0 Å². The molecule has 19 heavy (non-hydrogen) atoms. The number of aryl methyl sites for hydroxylation is 1. The molecule has 0 fully saturated rings. The van der Waals surface area contributed by atoms with Crippen molar-refractivity contribution in [1.29, 1.82) is 0 Å². The Hall–Kier alpha value is -2.30. The van der Waals surface area contributed by atoms with E-state index in [1.807, 2.05) is 32.2 Å². The minimum atomic E-state index is 0.397. The van der Waals surface area contributed by atoms with Crippen LogP contribution in [-0.4, -0.2) is 24.1 Å². The van der Waals surface area contributed by atoms with E-state index in [9.17, 15) is 0 Å². The zero-order chi connectivity index (χ0) is 13.7. The molecule has 0 aliphatic heterocycles. The number of methoxy groups -OCH3 is 1. The lowest BCUT2D eigenvalue weighted by atomic mass is 10.1. The van der Waals surface area contributed by atoms with Crippen molar-refractivity contribution in [3.63, 3.8) is 0 Å². The van der Waals surface area contributed by atoms with Crippen molar-refractivity contribution < 1.29 is 9.47 Å². The summed E-state index contributed by atoms with van der Waals surface area (Å²) >= 11 is 0. The lowest BCUT2D eigenvalue weighted by Gasteiger charge is -2.14. The van der Waals surface area contributed by atoms with Crippen molar-refractivity contribution in [3.8, 4) is 11.5 Å². The molecule has 0 atom stereocenters. The van der Waals surface area contributed by atoms with Gasteiger partial charge < -0.3 is 14.8 Å². The number of rotatable bonds is 5. The van der Waals surface area contributed by atoms with Crippen LogP contribution in [0.2, 0.25) is 0 Å². The summed E-state index contributed by atoms with van der Waals surface area (Å²) in [5.41, 5.74) is 2.76. The fourth-order valence-electron chi connectivity index (χ4n) is 1.81. The minimum absolute atomic E-state index is 0.397. The fourth-order valence-corrected chi connectivity index (χ4v) is 1.81. The molecule has 5 heteroatoms. The number of hydrogen-bond donors (Lipinski definition) is 1. The molecule has 0 spiro atoms. The standard InChI is InChI=1S/C14H17N3O2/c1-10-14(7-16-9-17-10)19-8-11-12(15-2)5-4-6-13(11)18-3/h4-7,9,15H,8H2,1-3H3. The van der Waals surface area contributed by atoms with Gasteiger partial charge in [0.2, 0.25) is 0 Å². The van der Waals surface area contributed by atoms with Gasteiger partial charge in [0.25, 0.3) is 0 Å². The SMILES string of the molecule is CNc1cccc(OC)c1COc1cncnc1C. The van der Waals surface area contributed by atoms with E-state index >= 15 is 0 Å². The first-order valence-electron chi connectivity index (χ1n) is 5.99. The number of nitrogens with zero attached hydrogens (tertiary/aromatic N) is 2. The van der Waals surface area contributed by atoms with Gasteiger partial charge in [-0.25, -0.2) is 9.97 Å². The van der Waals surface area contributed by atoms with Gasteiger partial charge in [-0.05, 0) is 19.1 Å². The minimum Gasteiger partial charge on any atom is -0.496 e. The van der Waals surface area contributed by atoms with Gasteiger partial charge in [-0.3, -0.25) is 0 Å². The van der Waals surface area contributed by atoms with Crippen LogP contribution in [-0.2, 0) is 6.61 Å². The van der Waals surface area contributed by atoms with Crippen molar-refractivity contribution in [2.24, 2.45) is 0 Å². The molecule has 1 aromatic heterocycles. The Morgan fingerprint density at radius 2 is 2.11 bits per heavy atom.